The average molecular weight is 368 g/mol. The van der Waals surface area contributed by atoms with E-state index in [1.54, 1.807) is 0 Å². The molecule has 0 spiro atoms. The third kappa shape index (κ3) is 3.33. The molecule has 0 radical (unpaired) electrons. The van der Waals surface area contributed by atoms with Crippen molar-refractivity contribution >= 4 is 10.9 Å². The molecule has 0 atom stereocenters. The van der Waals surface area contributed by atoms with Gasteiger partial charge in [-0.3, -0.25) is 4.57 Å². The number of alkyl halides is 3. The summed E-state index contributed by atoms with van der Waals surface area (Å²) in [5.74, 6) is 3.03. The van der Waals surface area contributed by atoms with E-state index >= 15 is 0 Å². The maximum Gasteiger partial charge on any atom is 0.416 e. The van der Waals surface area contributed by atoms with Crippen LogP contribution in [0.2, 0.25) is 0 Å². The van der Waals surface area contributed by atoms with E-state index in [-0.39, 0.29) is 0 Å². The van der Waals surface area contributed by atoms with Crippen molar-refractivity contribution in [3.05, 3.63) is 70.4 Å². The number of fused-ring (bicyclic) bond motifs is 3. The molecule has 1 aromatic heterocycles. The van der Waals surface area contributed by atoms with Crippen molar-refractivity contribution in [2.75, 3.05) is 13.6 Å². The first-order chi connectivity index (χ1) is 12.8. The Morgan fingerprint density at radius 3 is 2.48 bits per heavy atom. The van der Waals surface area contributed by atoms with Crippen LogP contribution in [0.15, 0.2) is 42.5 Å². The monoisotopic (exact) mass is 368 g/mol. The number of benzene rings is 2. The number of hydrogen-bond donors (Lipinski definition) is 0. The van der Waals surface area contributed by atoms with Crippen LogP contribution in [0.1, 0.15) is 27.9 Å². The molecule has 27 heavy (non-hydrogen) atoms. The van der Waals surface area contributed by atoms with Crippen LogP contribution < -0.4 is 0 Å². The highest BCUT2D eigenvalue weighted by Crippen LogP contribution is 2.31. The van der Waals surface area contributed by atoms with Gasteiger partial charge in [-0.1, -0.05) is 11.6 Å². The van der Waals surface area contributed by atoms with E-state index in [1.165, 1.54) is 34.3 Å². The minimum absolute atomic E-state index is 0.568. The Morgan fingerprint density at radius 1 is 1.04 bits per heavy atom. The van der Waals surface area contributed by atoms with Gasteiger partial charge in [-0.15, -0.1) is 0 Å². The molecular weight excluding hydrogens is 349 g/mol. The Labute approximate surface area is 156 Å². The highest BCUT2D eigenvalue weighted by molar-refractivity contribution is 5.87. The maximum absolute atomic E-state index is 12.7. The van der Waals surface area contributed by atoms with Gasteiger partial charge in [0.2, 0.25) is 0 Å². The number of aryl methyl sites for hydroxylation is 1. The average Bonchev–Trinajstić information content (AvgIpc) is 2.92. The molecule has 5 heteroatoms. The van der Waals surface area contributed by atoms with Gasteiger partial charge >= 0.3 is 6.18 Å². The minimum atomic E-state index is -4.33. The zero-order valence-corrected chi connectivity index (χ0v) is 15.2. The Morgan fingerprint density at radius 2 is 1.78 bits per heavy atom. The van der Waals surface area contributed by atoms with E-state index in [1.807, 2.05) is 4.57 Å². The third-order valence-corrected chi connectivity index (χ3v) is 5.02. The molecule has 2 nitrogen and oxygen atoms in total. The molecule has 0 amide bonds. The summed E-state index contributed by atoms with van der Waals surface area (Å²) in [5.41, 5.74) is 4.66. The van der Waals surface area contributed by atoms with Crippen LogP contribution in [0.4, 0.5) is 13.2 Å². The van der Waals surface area contributed by atoms with E-state index in [0.29, 0.717) is 5.56 Å². The predicted molar refractivity (Wildman–Crippen MR) is 100 cm³/mol. The smallest absolute Gasteiger partial charge is 0.302 e. The Balaban J connectivity index is 1.78. The fourth-order valence-electron chi connectivity index (χ4n) is 3.60. The summed E-state index contributed by atoms with van der Waals surface area (Å²) in [6, 6.07) is 14.5. The van der Waals surface area contributed by atoms with E-state index in [0.717, 1.165) is 37.2 Å². The second kappa shape index (κ2) is 6.47. The van der Waals surface area contributed by atoms with Gasteiger partial charge in [-0.2, -0.15) is 13.2 Å². The van der Waals surface area contributed by atoms with Gasteiger partial charge < -0.3 is 4.90 Å². The Bertz CT molecular complexity index is 1060. The highest BCUT2D eigenvalue weighted by atomic mass is 19.4. The first kappa shape index (κ1) is 17.7. The minimum Gasteiger partial charge on any atom is -0.302 e. The quantitative estimate of drug-likeness (QED) is 0.517. The van der Waals surface area contributed by atoms with E-state index in [2.05, 4.69) is 49.0 Å². The molecule has 2 heterocycles. The summed E-state index contributed by atoms with van der Waals surface area (Å²) in [5, 5.41) is 1.21. The van der Waals surface area contributed by atoms with Crippen LogP contribution >= 0.6 is 0 Å². The van der Waals surface area contributed by atoms with Gasteiger partial charge in [-0.05, 0) is 61.9 Å². The lowest BCUT2D eigenvalue weighted by atomic mass is 10.0. The molecule has 1 aliphatic heterocycles. The summed E-state index contributed by atoms with van der Waals surface area (Å²) >= 11 is 0. The molecule has 0 unspecified atom stereocenters. The van der Waals surface area contributed by atoms with E-state index in [9.17, 15) is 13.2 Å². The maximum atomic E-state index is 12.7. The van der Waals surface area contributed by atoms with Crippen molar-refractivity contribution < 1.29 is 13.2 Å². The van der Waals surface area contributed by atoms with Gasteiger partial charge in [0, 0.05) is 42.2 Å². The zero-order valence-electron chi connectivity index (χ0n) is 15.2. The van der Waals surface area contributed by atoms with Crippen LogP contribution in [0, 0.1) is 18.9 Å². The van der Waals surface area contributed by atoms with Gasteiger partial charge in [0.15, 0.2) is 0 Å². The lowest BCUT2D eigenvalue weighted by molar-refractivity contribution is -0.137. The first-order valence-corrected chi connectivity index (χ1v) is 8.83. The first-order valence-electron chi connectivity index (χ1n) is 8.83. The molecule has 0 fully saturated rings. The molecule has 2 aromatic carbocycles. The van der Waals surface area contributed by atoms with E-state index in [4.69, 9.17) is 0 Å². The van der Waals surface area contributed by atoms with Crippen molar-refractivity contribution in [2.24, 2.45) is 0 Å². The second-order valence-electron chi connectivity index (χ2n) is 7.08. The fourth-order valence-corrected chi connectivity index (χ4v) is 3.60. The summed E-state index contributed by atoms with van der Waals surface area (Å²) in [4.78, 5) is 2.29. The van der Waals surface area contributed by atoms with Crippen molar-refractivity contribution in [3.63, 3.8) is 0 Å². The molecule has 3 aromatic rings. The lowest BCUT2D eigenvalue weighted by Gasteiger charge is -2.23. The standard InChI is InChI=1S/C22H19F3N2/c1-15-3-8-20-18(13-15)19-14-26(2)11-10-21(19)27(20)12-9-16-4-6-17(7-5-16)22(23,24)25/h3-8,13H,10-11,14H2,1-2H3. The number of halogens is 3. The lowest BCUT2D eigenvalue weighted by Crippen LogP contribution is -2.27. The van der Waals surface area contributed by atoms with Crippen molar-refractivity contribution in [1.82, 2.24) is 9.47 Å². The van der Waals surface area contributed by atoms with Gasteiger partial charge in [0.1, 0.15) is 0 Å². The fraction of sp³-hybridized carbons (Fsp3) is 0.273. The number of likely N-dealkylation sites (N-methyl/N-ethyl adjacent to an activating group) is 1. The van der Waals surface area contributed by atoms with Crippen LogP contribution in [0.25, 0.3) is 10.9 Å². The zero-order chi connectivity index (χ0) is 19.2. The molecule has 0 bridgehead atoms. The van der Waals surface area contributed by atoms with Crippen LogP contribution in [0.5, 0.6) is 0 Å². The predicted octanol–water partition coefficient (Wildman–Crippen LogP) is 4.81. The summed E-state index contributed by atoms with van der Waals surface area (Å²) < 4.78 is 40.1. The molecule has 0 saturated heterocycles. The molecule has 4 rings (SSSR count). The molecule has 0 saturated carbocycles. The normalized spacial score (nSPS) is 14.7. The molecule has 1 aliphatic rings. The molecule has 138 valence electrons. The largest absolute Gasteiger partial charge is 0.416 e. The number of rotatable bonds is 0. The van der Waals surface area contributed by atoms with Crippen molar-refractivity contribution in [1.29, 1.82) is 0 Å². The second-order valence-corrected chi connectivity index (χ2v) is 7.08. The number of nitrogens with zero attached hydrogens (tertiary/aromatic N) is 2. The molecular formula is C22H19F3N2. The van der Waals surface area contributed by atoms with Gasteiger partial charge in [-0.25, -0.2) is 0 Å². The SMILES string of the molecule is Cc1ccc2c(c1)c1c(n2C#Cc2ccc(C(F)(F)F)cc2)CCN(C)C1. The number of hydrogen-bond acceptors (Lipinski definition) is 1. The Hall–Kier alpha value is -2.71. The summed E-state index contributed by atoms with van der Waals surface area (Å²) in [6.45, 7) is 3.91. The summed E-state index contributed by atoms with van der Waals surface area (Å²) in [7, 11) is 2.11. The third-order valence-electron chi connectivity index (χ3n) is 5.02. The summed E-state index contributed by atoms with van der Waals surface area (Å²) in [6.07, 6.45) is -3.42. The van der Waals surface area contributed by atoms with E-state index < -0.39 is 11.7 Å². The molecule has 0 N–H and O–H groups in total. The van der Waals surface area contributed by atoms with Crippen LogP contribution in [0.3, 0.4) is 0 Å². The van der Waals surface area contributed by atoms with Gasteiger partial charge in [0.05, 0.1) is 11.1 Å². The number of aromatic nitrogens is 1. The molecule has 0 aliphatic carbocycles. The highest BCUT2D eigenvalue weighted by Gasteiger charge is 2.29. The van der Waals surface area contributed by atoms with Crippen molar-refractivity contribution in [2.45, 2.75) is 26.1 Å². The van der Waals surface area contributed by atoms with Crippen LogP contribution in [-0.4, -0.2) is 23.1 Å². The van der Waals surface area contributed by atoms with Gasteiger partial charge in [0.25, 0.3) is 0 Å². The van der Waals surface area contributed by atoms with Crippen LogP contribution in [-0.2, 0) is 19.1 Å². The topological polar surface area (TPSA) is 8.17 Å². The van der Waals surface area contributed by atoms with Crippen molar-refractivity contribution in [3.8, 4) is 12.0 Å². The Kier molecular flexibility index (Phi) is 4.24.